The molecule has 0 bridgehead atoms. The highest BCUT2D eigenvalue weighted by atomic mass is 16.4. The lowest BCUT2D eigenvalue weighted by molar-refractivity contribution is 0.317. The molecular formula is C28H41NO3. The molecule has 176 valence electrons. The highest BCUT2D eigenvalue weighted by Crippen LogP contribution is 2.29. The largest absolute Gasteiger partial charge is 0.508 e. The number of phenolic OH excluding ortho intramolecular Hbond substituents is 2. The first-order chi connectivity index (χ1) is 15.7. The van der Waals surface area contributed by atoms with Gasteiger partial charge >= 0.3 is 0 Å². The van der Waals surface area contributed by atoms with Crippen molar-refractivity contribution in [3.63, 3.8) is 0 Å². The van der Waals surface area contributed by atoms with Crippen LogP contribution in [0, 0.1) is 0 Å². The van der Waals surface area contributed by atoms with Gasteiger partial charge in [-0.15, -0.1) is 0 Å². The number of hydrogen-bond donors (Lipinski definition) is 3. The highest BCUT2D eigenvalue weighted by molar-refractivity contribution is 6.03. The van der Waals surface area contributed by atoms with Crippen LogP contribution in [0.25, 0.3) is 11.1 Å². The average Bonchev–Trinajstić information content (AvgIpc) is 2.81. The Kier molecular flexibility index (Phi) is 12.3. The molecule has 0 aromatic heterocycles. The van der Waals surface area contributed by atoms with Crippen LogP contribution in [-0.2, 0) is 0 Å². The summed E-state index contributed by atoms with van der Waals surface area (Å²) < 4.78 is 0. The molecule has 0 atom stereocenters. The summed E-state index contributed by atoms with van der Waals surface area (Å²) in [5.41, 5.74) is 2.93. The molecule has 0 heterocycles. The minimum Gasteiger partial charge on any atom is -0.508 e. The molecule has 0 aliphatic carbocycles. The molecule has 0 radical (unpaired) electrons. The van der Waals surface area contributed by atoms with Gasteiger partial charge in [0.25, 0.3) is 0 Å². The number of hydrogen-bond acceptors (Lipinski definition) is 4. The smallest absolute Gasteiger partial charge is 0.124 e. The molecule has 0 amide bonds. The highest BCUT2D eigenvalue weighted by Gasteiger charge is 2.12. The van der Waals surface area contributed by atoms with Crippen molar-refractivity contribution in [1.29, 1.82) is 0 Å². The van der Waals surface area contributed by atoms with Crippen molar-refractivity contribution in [1.82, 2.24) is 0 Å². The molecule has 0 aliphatic heterocycles. The van der Waals surface area contributed by atoms with Crippen LogP contribution in [0.4, 0.5) is 0 Å². The summed E-state index contributed by atoms with van der Waals surface area (Å²) in [6.45, 7) is 2.26. The fourth-order valence-electron chi connectivity index (χ4n) is 4.15. The van der Waals surface area contributed by atoms with Crippen molar-refractivity contribution in [2.24, 2.45) is 5.16 Å². The number of nitrogens with zero attached hydrogens (tertiary/aromatic N) is 1. The molecule has 0 spiro atoms. The van der Waals surface area contributed by atoms with E-state index in [0.29, 0.717) is 17.7 Å². The lowest BCUT2D eigenvalue weighted by atomic mass is 9.97. The van der Waals surface area contributed by atoms with Crippen molar-refractivity contribution in [2.75, 3.05) is 0 Å². The molecule has 4 heteroatoms. The number of phenols is 2. The molecule has 32 heavy (non-hydrogen) atoms. The van der Waals surface area contributed by atoms with Gasteiger partial charge in [-0.25, -0.2) is 0 Å². The molecule has 0 saturated carbocycles. The van der Waals surface area contributed by atoms with Crippen molar-refractivity contribution in [3.8, 4) is 22.6 Å². The van der Waals surface area contributed by atoms with Crippen LogP contribution in [-0.4, -0.2) is 21.1 Å². The third kappa shape index (κ3) is 9.33. The number of unbranched alkanes of at least 4 members (excludes halogenated alkanes) is 12. The van der Waals surface area contributed by atoms with Crippen LogP contribution in [0.5, 0.6) is 11.5 Å². The second kappa shape index (κ2) is 15.3. The summed E-state index contributed by atoms with van der Waals surface area (Å²) in [5.74, 6) is 0.336. The maximum atomic E-state index is 10.3. The number of aromatic hydroxyl groups is 2. The Labute approximate surface area is 194 Å². The molecule has 3 N–H and O–H groups in total. The Morgan fingerprint density at radius 3 is 1.69 bits per heavy atom. The van der Waals surface area contributed by atoms with Gasteiger partial charge in [0.05, 0.1) is 5.71 Å². The van der Waals surface area contributed by atoms with E-state index in [2.05, 4.69) is 12.1 Å². The summed E-state index contributed by atoms with van der Waals surface area (Å²) in [5, 5.41) is 32.8. The third-order valence-electron chi connectivity index (χ3n) is 6.15. The third-order valence-corrected chi connectivity index (χ3v) is 6.15. The molecule has 0 unspecified atom stereocenters. The Hall–Kier alpha value is -2.49. The van der Waals surface area contributed by atoms with Crippen LogP contribution in [0.2, 0.25) is 0 Å². The fourth-order valence-corrected chi connectivity index (χ4v) is 4.15. The molecule has 2 aromatic rings. The first-order valence-corrected chi connectivity index (χ1v) is 12.5. The van der Waals surface area contributed by atoms with E-state index < -0.39 is 0 Å². The molecular weight excluding hydrogens is 398 g/mol. The van der Waals surface area contributed by atoms with Gasteiger partial charge in [0, 0.05) is 5.56 Å². The zero-order chi connectivity index (χ0) is 23.0. The number of rotatable bonds is 16. The molecule has 2 rings (SSSR count). The average molecular weight is 440 g/mol. The zero-order valence-corrected chi connectivity index (χ0v) is 19.7. The topological polar surface area (TPSA) is 73.1 Å². The number of oxime groups is 1. The minimum atomic E-state index is 0.120. The summed E-state index contributed by atoms with van der Waals surface area (Å²) in [4.78, 5) is 0. The van der Waals surface area contributed by atoms with Gasteiger partial charge in [-0.2, -0.15) is 0 Å². The zero-order valence-electron chi connectivity index (χ0n) is 19.7. The van der Waals surface area contributed by atoms with Crippen LogP contribution in [0.1, 0.15) is 102 Å². The Balaban J connectivity index is 1.68. The minimum absolute atomic E-state index is 0.120. The van der Waals surface area contributed by atoms with E-state index in [0.717, 1.165) is 24.0 Å². The Morgan fingerprint density at radius 1 is 0.656 bits per heavy atom. The summed E-state index contributed by atoms with van der Waals surface area (Å²) in [6, 6.07) is 12.2. The van der Waals surface area contributed by atoms with E-state index in [-0.39, 0.29) is 11.5 Å². The van der Waals surface area contributed by atoms with Gasteiger partial charge in [0.2, 0.25) is 0 Å². The summed E-state index contributed by atoms with van der Waals surface area (Å²) >= 11 is 0. The fraction of sp³-hybridized carbons (Fsp3) is 0.536. The van der Waals surface area contributed by atoms with Crippen molar-refractivity contribution in [2.45, 2.75) is 96.8 Å². The standard InChI is InChI=1S/C28H41NO3/c1-2-3-4-5-6-7-8-9-10-11-12-13-14-15-27(29-32)26-22-24(18-21-28(26)31)23-16-19-25(30)20-17-23/h16-22,30-32H,2-15H2,1H3/b29-27+. The van der Waals surface area contributed by atoms with Crippen LogP contribution < -0.4 is 0 Å². The quantitative estimate of drug-likeness (QED) is 0.106. The second-order valence-electron chi connectivity index (χ2n) is 8.82. The molecule has 0 aliphatic rings. The van der Waals surface area contributed by atoms with Crippen LogP contribution in [0.15, 0.2) is 47.6 Å². The second-order valence-corrected chi connectivity index (χ2v) is 8.82. The maximum Gasteiger partial charge on any atom is 0.124 e. The van der Waals surface area contributed by atoms with E-state index in [4.69, 9.17) is 0 Å². The van der Waals surface area contributed by atoms with Crippen LogP contribution >= 0.6 is 0 Å². The van der Waals surface area contributed by atoms with Gasteiger partial charge in [0.1, 0.15) is 11.5 Å². The molecule has 4 nitrogen and oxygen atoms in total. The van der Waals surface area contributed by atoms with E-state index in [1.807, 2.05) is 24.3 Å². The van der Waals surface area contributed by atoms with E-state index in [1.54, 1.807) is 18.2 Å². The monoisotopic (exact) mass is 439 g/mol. The van der Waals surface area contributed by atoms with Gasteiger partial charge < -0.3 is 15.4 Å². The predicted octanol–water partition coefficient (Wildman–Crippen LogP) is 8.42. The Morgan fingerprint density at radius 2 is 1.16 bits per heavy atom. The van der Waals surface area contributed by atoms with Gasteiger partial charge in [-0.3, -0.25) is 0 Å². The lowest BCUT2D eigenvalue weighted by Gasteiger charge is -2.10. The first-order valence-electron chi connectivity index (χ1n) is 12.5. The molecule has 2 aromatic carbocycles. The molecule has 0 fully saturated rings. The van der Waals surface area contributed by atoms with Gasteiger partial charge in [-0.1, -0.05) is 107 Å². The summed E-state index contributed by atoms with van der Waals surface area (Å²) in [6.07, 6.45) is 17.4. The van der Waals surface area contributed by atoms with Crippen molar-refractivity contribution < 1.29 is 15.4 Å². The van der Waals surface area contributed by atoms with E-state index in [1.165, 1.54) is 70.6 Å². The van der Waals surface area contributed by atoms with E-state index >= 15 is 0 Å². The Bertz CT molecular complexity index is 799. The summed E-state index contributed by atoms with van der Waals surface area (Å²) in [7, 11) is 0. The molecule has 0 saturated heterocycles. The normalized spacial score (nSPS) is 11.7. The predicted molar refractivity (Wildman–Crippen MR) is 134 cm³/mol. The van der Waals surface area contributed by atoms with Crippen molar-refractivity contribution in [3.05, 3.63) is 48.0 Å². The van der Waals surface area contributed by atoms with Gasteiger partial charge in [0.15, 0.2) is 0 Å². The number of benzene rings is 2. The van der Waals surface area contributed by atoms with Crippen LogP contribution in [0.3, 0.4) is 0 Å². The van der Waals surface area contributed by atoms with E-state index in [9.17, 15) is 15.4 Å². The van der Waals surface area contributed by atoms with Gasteiger partial charge in [-0.05, 0) is 48.2 Å². The maximum absolute atomic E-state index is 10.3. The lowest BCUT2D eigenvalue weighted by Crippen LogP contribution is -2.02. The van der Waals surface area contributed by atoms with Crippen molar-refractivity contribution >= 4 is 5.71 Å². The SMILES string of the molecule is CCCCCCCCCCCCCCC/C(=N\O)c1cc(-c2ccc(O)cc2)ccc1O. The first kappa shape index (κ1) is 25.8.